The molecule has 0 aromatic carbocycles. The molecule has 0 fully saturated rings. The van der Waals surface area contributed by atoms with Crippen LogP contribution in [0.2, 0.25) is 0 Å². The van der Waals surface area contributed by atoms with E-state index in [9.17, 15) is 9.59 Å². The number of nitrogens with one attached hydrogen (secondary N) is 1. The highest BCUT2D eigenvalue weighted by Gasteiger charge is 2.02. The van der Waals surface area contributed by atoms with Gasteiger partial charge in [-0.05, 0) is 13.8 Å². The van der Waals surface area contributed by atoms with Gasteiger partial charge in [0.1, 0.15) is 0 Å². The summed E-state index contributed by atoms with van der Waals surface area (Å²) >= 11 is 0. The fourth-order valence-corrected chi connectivity index (χ4v) is 0.219. The molecule has 46 valence electrons. The molecular formula is C5H9NO2. The Hall–Kier alpha value is -0.860. The molecule has 0 unspecified atom stereocenters. The molecule has 0 rings (SSSR count). The third-order valence-corrected chi connectivity index (χ3v) is 0.928. The molecule has 0 aromatic heterocycles. The quantitative estimate of drug-likeness (QED) is 0.514. The van der Waals surface area contributed by atoms with Crippen LogP contribution in [-0.4, -0.2) is 18.2 Å². The van der Waals surface area contributed by atoms with Crippen LogP contribution in [0.15, 0.2) is 0 Å². The van der Waals surface area contributed by atoms with E-state index in [1.165, 1.54) is 6.92 Å². The summed E-state index contributed by atoms with van der Waals surface area (Å²) in [6, 6.07) is -0.340. The summed E-state index contributed by atoms with van der Waals surface area (Å²) in [5.41, 5.74) is 0. The van der Waals surface area contributed by atoms with Crippen molar-refractivity contribution >= 4 is 12.2 Å². The van der Waals surface area contributed by atoms with Crippen LogP contribution < -0.4 is 5.32 Å². The lowest BCUT2D eigenvalue weighted by Gasteiger charge is -2.01. The van der Waals surface area contributed by atoms with Crippen molar-refractivity contribution in [3.63, 3.8) is 0 Å². The summed E-state index contributed by atoms with van der Waals surface area (Å²) in [7, 11) is 0. The van der Waals surface area contributed by atoms with Crippen LogP contribution in [0.1, 0.15) is 13.8 Å². The first-order valence-electron chi connectivity index (χ1n) is 2.38. The van der Waals surface area contributed by atoms with Crippen molar-refractivity contribution in [3.8, 4) is 0 Å². The van der Waals surface area contributed by atoms with Crippen LogP contribution >= 0.6 is 0 Å². The van der Waals surface area contributed by atoms with Crippen molar-refractivity contribution in [3.05, 3.63) is 0 Å². The minimum Gasteiger partial charge on any atom is -0.349 e. The summed E-state index contributed by atoms with van der Waals surface area (Å²) in [6.07, 6.45) is 0.520. The van der Waals surface area contributed by atoms with Crippen molar-refractivity contribution in [1.82, 2.24) is 5.32 Å². The molecule has 1 amide bonds. The number of Topliss-reactive ketones (excluding diaryl/α,β-unsaturated/α-hetero) is 1. The van der Waals surface area contributed by atoms with E-state index in [-0.39, 0.29) is 11.8 Å². The first-order chi connectivity index (χ1) is 3.68. The van der Waals surface area contributed by atoms with Crippen molar-refractivity contribution in [2.45, 2.75) is 19.9 Å². The second-order valence-corrected chi connectivity index (χ2v) is 1.62. The van der Waals surface area contributed by atoms with Crippen LogP contribution in [0.3, 0.4) is 0 Å². The number of hydrogen-bond donors (Lipinski definition) is 1. The fraction of sp³-hybridized carbons (Fsp3) is 0.600. The average molecular weight is 115 g/mol. The minimum absolute atomic E-state index is 0.0305. The van der Waals surface area contributed by atoms with E-state index >= 15 is 0 Å². The zero-order chi connectivity index (χ0) is 6.57. The van der Waals surface area contributed by atoms with E-state index in [1.807, 2.05) is 0 Å². The lowest BCUT2D eigenvalue weighted by atomic mass is 10.2. The number of carbonyl (C=O) groups is 2. The maximum Gasteiger partial charge on any atom is 0.207 e. The maximum absolute atomic E-state index is 10.3. The van der Waals surface area contributed by atoms with Crippen molar-refractivity contribution in [1.29, 1.82) is 0 Å². The smallest absolute Gasteiger partial charge is 0.207 e. The molecule has 0 spiro atoms. The average Bonchev–Trinajstić information content (AvgIpc) is 1.67. The first-order valence-corrected chi connectivity index (χ1v) is 2.38. The highest BCUT2D eigenvalue weighted by Crippen LogP contribution is 1.78. The van der Waals surface area contributed by atoms with E-state index < -0.39 is 0 Å². The van der Waals surface area contributed by atoms with Crippen LogP contribution in [0, 0.1) is 0 Å². The molecule has 0 radical (unpaired) electrons. The van der Waals surface area contributed by atoms with E-state index in [2.05, 4.69) is 5.32 Å². The monoisotopic (exact) mass is 115 g/mol. The summed E-state index contributed by atoms with van der Waals surface area (Å²) < 4.78 is 0. The lowest BCUT2D eigenvalue weighted by Crippen LogP contribution is -2.30. The Bertz CT molecular complexity index is 101. The van der Waals surface area contributed by atoms with E-state index in [1.54, 1.807) is 6.92 Å². The Balaban J connectivity index is 3.46. The summed E-state index contributed by atoms with van der Waals surface area (Å²) in [5, 5.41) is 2.31. The Kier molecular flexibility index (Phi) is 2.84. The molecule has 8 heavy (non-hydrogen) atoms. The second-order valence-electron chi connectivity index (χ2n) is 1.62. The largest absolute Gasteiger partial charge is 0.349 e. The highest BCUT2D eigenvalue weighted by molar-refractivity contribution is 5.82. The van der Waals surface area contributed by atoms with Gasteiger partial charge in [0.05, 0.1) is 6.04 Å². The van der Waals surface area contributed by atoms with Gasteiger partial charge in [-0.3, -0.25) is 9.59 Å². The van der Waals surface area contributed by atoms with Crippen LogP contribution in [0.25, 0.3) is 0 Å². The number of hydrogen-bond acceptors (Lipinski definition) is 2. The van der Waals surface area contributed by atoms with Gasteiger partial charge in [-0.1, -0.05) is 0 Å². The molecule has 0 aliphatic heterocycles. The molecule has 0 bridgehead atoms. The van der Waals surface area contributed by atoms with Gasteiger partial charge in [-0.15, -0.1) is 0 Å². The zero-order valence-electron chi connectivity index (χ0n) is 4.97. The van der Waals surface area contributed by atoms with Gasteiger partial charge in [0, 0.05) is 0 Å². The first kappa shape index (κ1) is 7.14. The summed E-state index contributed by atoms with van der Waals surface area (Å²) in [6.45, 7) is 3.07. The molecule has 1 atom stereocenters. The molecule has 3 heteroatoms. The van der Waals surface area contributed by atoms with Crippen molar-refractivity contribution in [2.24, 2.45) is 0 Å². The summed E-state index contributed by atoms with van der Waals surface area (Å²) in [5.74, 6) is -0.0305. The molecule has 0 aromatic rings. The standard InChI is InChI=1S/C5H9NO2/c1-4(5(2)8)6-3-7/h3-4H,1-2H3,(H,6,7)/t4-/m1/s1. The Labute approximate surface area is 48.1 Å². The van der Waals surface area contributed by atoms with Crippen molar-refractivity contribution in [2.75, 3.05) is 0 Å². The van der Waals surface area contributed by atoms with E-state index in [0.717, 1.165) is 0 Å². The van der Waals surface area contributed by atoms with Gasteiger partial charge in [0.2, 0.25) is 6.41 Å². The molecule has 1 N–H and O–H groups in total. The molecule has 0 saturated carbocycles. The van der Waals surface area contributed by atoms with Gasteiger partial charge >= 0.3 is 0 Å². The zero-order valence-corrected chi connectivity index (χ0v) is 4.97. The maximum atomic E-state index is 10.3. The van der Waals surface area contributed by atoms with Crippen LogP contribution in [0.5, 0.6) is 0 Å². The van der Waals surface area contributed by atoms with Gasteiger partial charge < -0.3 is 5.32 Å². The van der Waals surface area contributed by atoms with Crippen LogP contribution in [-0.2, 0) is 9.59 Å². The van der Waals surface area contributed by atoms with E-state index in [0.29, 0.717) is 6.41 Å². The fourth-order valence-electron chi connectivity index (χ4n) is 0.219. The topological polar surface area (TPSA) is 46.2 Å². The molecule has 3 nitrogen and oxygen atoms in total. The van der Waals surface area contributed by atoms with Crippen molar-refractivity contribution < 1.29 is 9.59 Å². The molecule has 0 saturated heterocycles. The molecule has 0 aliphatic carbocycles. The Morgan fingerprint density at radius 3 is 2.38 bits per heavy atom. The highest BCUT2D eigenvalue weighted by atomic mass is 16.1. The third kappa shape index (κ3) is 2.34. The minimum atomic E-state index is -0.340. The SMILES string of the molecule is CC(=O)[C@@H](C)NC=O. The summed E-state index contributed by atoms with van der Waals surface area (Å²) in [4.78, 5) is 20.0. The number of carbonyl (C=O) groups excluding carboxylic acids is 2. The normalized spacial score (nSPS) is 12.2. The number of rotatable bonds is 3. The Morgan fingerprint density at radius 1 is 1.75 bits per heavy atom. The van der Waals surface area contributed by atoms with Gasteiger partial charge in [-0.2, -0.15) is 0 Å². The Morgan fingerprint density at radius 2 is 2.25 bits per heavy atom. The van der Waals surface area contributed by atoms with Gasteiger partial charge in [0.15, 0.2) is 5.78 Å². The second kappa shape index (κ2) is 3.18. The predicted molar refractivity (Wildman–Crippen MR) is 29.3 cm³/mol. The van der Waals surface area contributed by atoms with Crippen LogP contribution in [0.4, 0.5) is 0 Å². The third-order valence-electron chi connectivity index (χ3n) is 0.928. The molecule has 0 aliphatic rings. The van der Waals surface area contributed by atoms with Gasteiger partial charge in [0.25, 0.3) is 0 Å². The number of ketones is 1. The van der Waals surface area contributed by atoms with Gasteiger partial charge in [-0.25, -0.2) is 0 Å². The molecular weight excluding hydrogens is 106 g/mol. The number of amides is 1. The van der Waals surface area contributed by atoms with E-state index in [4.69, 9.17) is 0 Å². The predicted octanol–water partition coefficient (Wildman–Crippen LogP) is -0.290. The molecule has 0 heterocycles. The lowest BCUT2D eigenvalue weighted by molar-refractivity contribution is -0.121.